The van der Waals surface area contributed by atoms with Crippen molar-refractivity contribution >= 4 is 63.6 Å². The summed E-state index contributed by atoms with van der Waals surface area (Å²) >= 11 is 2.14. The monoisotopic (exact) mass is 662 g/mol. The first kappa shape index (κ1) is 33.1. The summed E-state index contributed by atoms with van der Waals surface area (Å²) in [5, 5.41) is 48.9. The number of anilines is 1. The van der Waals surface area contributed by atoms with Crippen LogP contribution in [0.5, 0.6) is 11.5 Å². The number of nitrogens with zero attached hydrogens (tertiary/aromatic N) is 3. The molecule has 2 atom stereocenters. The molecule has 1 aromatic heterocycles. The number of amides is 3. The van der Waals surface area contributed by atoms with Crippen LogP contribution in [0, 0.1) is 0 Å². The molecule has 0 spiro atoms. The van der Waals surface area contributed by atoms with Gasteiger partial charge in [0.2, 0.25) is 5.60 Å². The van der Waals surface area contributed by atoms with Crippen molar-refractivity contribution < 1.29 is 49.2 Å². The van der Waals surface area contributed by atoms with Crippen LogP contribution in [0.3, 0.4) is 0 Å². The number of carbonyl (C=O) groups is 5. The third-order valence-electron chi connectivity index (χ3n) is 6.86. The second-order valence-corrected chi connectivity index (χ2v) is 12.8. The molecule has 240 valence electrons. The second-order valence-electron chi connectivity index (χ2n) is 10.8. The number of benzene rings is 1. The zero-order valence-electron chi connectivity index (χ0n) is 24.4. The Kier molecular flexibility index (Phi) is 9.29. The molecule has 3 heterocycles. The van der Waals surface area contributed by atoms with Gasteiger partial charge in [-0.1, -0.05) is 19.0 Å². The standard InChI is InChI=1S/C27H30N6O10S2/c1-10(2)13-5-11(6-15(34)19(13)35)20(36)29-7-12-8-44-23-17(22(38)33(23)18(12)24(39)40)31-21(37)16(14-9-45-26(28)30-14)32-43-27(3,4)25(41)42/h5-6,9-10,17,23,34-35H,7-8H2,1-4H3,(H2,28,30)(H,29,36)(H,31,37)(H,39,40)(H,41,42)/b32-16-/t17?,23-/m0/s1. The molecule has 0 radical (unpaired) electrons. The summed E-state index contributed by atoms with van der Waals surface area (Å²) in [6, 6.07) is 1.34. The molecule has 1 aromatic carbocycles. The molecule has 1 fully saturated rings. The van der Waals surface area contributed by atoms with Gasteiger partial charge in [-0.2, -0.15) is 0 Å². The van der Waals surface area contributed by atoms with Crippen molar-refractivity contribution in [1.82, 2.24) is 20.5 Å². The summed E-state index contributed by atoms with van der Waals surface area (Å²) in [6.45, 7) is 5.73. The highest BCUT2D eigenvalue weighted by atomic mass is 32.2. The minimum absolute atomic E-state index is 0.0253. The van der Waals surface area contributed by atoms with Crippen molar-refractivity contribution in [2.45, 2.75) is 50.6 Å². The first-order valence-electron chi connectivity index (χ1n) is 13.3. The van der Waals surface area contributed by atoms with Gasteiger partial charge < -0.3 is 41.6 Å². The number of thioether (sulfide) groups is 1. The number of β-lactam (4-membered cyclic amide) rings is 1. The number of aliphatic carboxylic acids is 2. The Hall–Kier alpha value is -4.84. The van der Waals surface area contributed by atoms with E-state index >= 15 is 0 Å². The number of oxime groups is 1. The van der Waals surface area contributed by atoms with Gasteiger partial charge in [0, 0.05) is 28.8 Å². The van der Waals surface area contributed by atoms with E-state index in [0.717, 1.165) is 34.1 Å². The fraction of sp³-hybridized carbons (Fsp3) is 0.370. The summed E-state index contributed by atoms with van der Waals surface area (Å²) in [4.78, 5) is 73.0. The zero-order chi connectivity index (χ0) is 33.4. The van der Waals surface area contributed by atoms with Crippen molar-refractivity contribution in [3.8, 4) is 11.5 Å². The normalized spacial score (nSPS) is 18.3. The maximum atomic E-state index is 13.2. The van der Waals surface area contributed by atoms with Gasteiger partial charge >= 0.3 is 11.9 Å². The van der Waals surface area contributed by atoms with Crippen LogP contribution < -0.4 is 16.4 Å². The third-order valence-corrected chi connectivity index (χ3v) is 8.88. The number of nitrogens with two attached hydrogens (primary N) is 1. The highest BCUT2D eigenvalue weighted by molar-refractivity contribution is 8.00. The lowest BCUT2D eigenvalue weighted by atomic mass is 9.98. The number of carbonyl (C=O) groups excluding carboxylic acids is 3. The number of carboxylic acids is 2. The Balaban J connectivity index is 1.51. The number of phenolic OH excluding ortho intramolecular Hbond substituents is 2. The van der Waals surface area contributed by atoms with Crippen LogP contribution in [0.1, 0.15) is 55.2 Å². The highest BCUT2D eigenvalue weighted by Crippen LogP contribution is 2.40. The van der Waals surface area contributed by atoms with Crippen molar-refractivity contribution in [2.75, 3.05) is 18.0 Å². The first-order valence-corrected chi connectivity index (χ1v) is 15.2. The van der Waals surface area contributed by atoms with E-state index in [4.69, 9.17) is 10.6 Å². The van der Waals surface area contributed by atoms with E-state index in [1.165, 1.54) is 25.3 Å². The van der Waals surface area contributed by atoms with E-state index in [1.807, 2.05) is 0 Å². The number of hydrogen-bond acceptors (Lipinski definition) is 13. The molecular formula is C27H30N6O10S2. The summed E-state index contributed by atoms with van der Waals surface area (Å²) in [6.07, 6.45) is 0. The molecule has 18 heteroatoms. The Morgan fingerprint density at radius 1 is 1.22 bits per heavy atom. The van der Waals surface area contributed by atoms with E-state index in [0.29, 0.717) is 5.56 Å². The molecule has 1 saturated heterocycles. The van der Waals surface area contributed by atoms with E-state index in [1.54, 1.807) is 13.8 Å². The van der Waals surface area contributed by atoms with Gasteiger partial charge in [-0.15, -0.1) is 23.1 Å². The van der Waals surface area contributed by atoms with Crippen LogP contribution in [0.4, 0.5) is 5.13 Å². The Labute approximate surface area is 263 Å². The number of nitrogens with one attached hydrogen (secondary N) is 2. The average Bonchev–Trinajstić information content (AvgIpc) is 3.40. The predicted octanol–water partition coefficient (Wildman–Crippen LogP) is 1.01. The smallest absolute Gasteiger partial charge is 0.352 e. The highest BCUT2D eigenvalue weighted by Gasteiger charge is 2.54. The van der Waals surface area contributed by atoms with E-state index < -0.39 is 58.1 Å². The van der Waals surface area contributed by atoms with E-state index in [9.17, 15) is 44.4 Å². The van der Waals surface area contributed by atoms with Gasteiger partial charge in [0.15, 0.2) is 22.3 Å². The second kappa shape index (κ2) is 12.6. The molecule has 0 saturated carbocycles. The molecule has 2 aliphatic rings. The van der Waals surface area contributed by atoms with Gasteiger partial charge in [-0.05, 0) is 37.5 Å². The van der Waals surface area contributed by atoms with Crippen LogP contribution in [0.15, 0.2) is 33.9 Å². The molecular weight excluding hydrogens is 632 g/mol. The third kappa shape index (κ3) is 6.65. The van der Waals surface area contributed by atoms with E-state index in [2.05, 4.69) is 20.8 Å². The summed E-state index contributed by atoms with van der Waals surface area (Å²) in [5.41, 5.74) is 3.68. The number of phenols is 2. The van der Waals surface area contributed by atoms with Crippen molar-refractivity contribution in [3.63, 3.8) is 0 Å². The van der Waals surface area contributed by atoms with E-state index in [-0.39, 0.29) is 51.6 Å². The maximum Gasteiger partial charge on any atom is 0.352 e. The Morgan fingerprint density at radius 3 is 2.49 bits per heavy atom. The fourth-order valence-corrected chi connectivity index (χ4v) is 6.22. The number of carboxylic acid groups (broad SMARTS) is 2. The van der Waals surface area contributed by atoms with Gasteiger partial charge in [0.1, 0.15) is 22.8 Å². The largest absolute Gasteiger partial charge is 0.504 e. The van der Waals surface area contributed by atoms with Gasteiger partial charge in [0.25, 0.3) is 17.7 Å². The number of nitrogen functional groups attached to an aromatic ring is 1. The molecule has 16 nitrogen and oxygen atoms in total. The summed E-state index contributed by atoms with van der Waals surface area (Å²) in [7, 11) is 0. The molecule has 0 aliphatic carbocycles. The molecule has 2 aromatic rings. The number of fused-ring (bicyclic) bond motifs is 1. The lowest BCUT2D eigenvalue weighted by molar-refractivity contribution is -0.161. The van der Waals surface area contributed by atoms with Crippen LogP contribution >= 0.6 is 23.1 Å². The molecule has 8 N–H and O–H groups in total. The number of aromatic nitrogens is 1. The number of rotatable bonds is 11. The van der Waals surface area contributed by atoms with Crippen molar-refractivity contribution in [1.29, 1.82) is 0 Å². The Morgan fingerprint density at radius 2 is 1.91 bits per heavy atom. The molecule has 3 amide bonds. The topological polar surface area (TPSA) is 254 Å². The molecule has 0 bridgehead atoms. The van der Waals surface area contributed by atoms with Crippen LogP contribution in [-0.2, 0) is 24.0 Å². The van der Waals surface area contributed by atoms with Gasteiger partial charge in [-0.25, -0.2) is 14.6 Å². The van der Waals surface area contributed by atoms with Gasteiger partial charge in [-0.3, -0.25) is 19.3 Å². The minimum Gasteiger partial charge on any atom is -0.504 e. The molecule has 1 unspecified atom stereocenters. The lowest BCUT2D eigenvalue weighted by Gasteiger charge is -2.49. The van der Waals surface area contributed by atoms with Crippen LogP contribution in [-0.4, -0.2) is 95.0 Å². The molecule has 2 aliphatic heterocycles. The number of thiazole rings is 1. The van der Waals surface area contributed by atoms with Crippen LogP contribution in [0.25, 0.3) is 0 Å². The minimum atomic E-state index is -1.80. The zero-order valence-corrected chi connectivity index (χ0v) is 26.0. The quantitative estimate of drug-likeness (QED) is 0.0768. The SMILES string of the molecule is CC(C)c1cc(C(=O)NCC2=C(C(=O)O)N3C(=O)C(NC(=O)/C(=N\OC(C)(C)C(=O)O)c4csc(N)n4)[C@@H]3SC2)cc(O)c1O. The van der Waals surface area contributed by atoms with Crippen molar-refractivity contribution in [2.24, 2.45) is 5.16 Å². The predicted molar refractivity (Wildman–Crippen MR) is 162 cm³/mol. The van der Waals surface area contributed by atoms with Crippen molar-refractivity contribution in [3.05, 3.63) is 45.6 Å². The first-order chi connectivity index (χ1) is 21.0. The lowest BCUT2D eigenvalue weighted by Crippen LogP contribution is -2.71. The average molecular weight is 663 g/mol. The maximum absolute atomic E-state index is 13.2. The number of aromatic hydroxyl groups is 2. The summed E-state index contributed by atoms with van der Waals surface area (Å²) in [5.74, 6) is -6.02. The number of hydrogen-bond donors (Lipinski definition) is 7. The fourth-order valence-electron chi connectivity index (χ4n) is 4.33. The van der Waals surface area contributed by atoms with Crippen LogP contribution in [0.2, 0.25) is 0 Å². The Bertz CT molecular complexity index is 1650. The molecule has 45 heavy (non-hydrogen) atoms. The van der Waals surface area contributed by atoms with Gasteiger partial charge in [0.05, 0.1) is 0 Å². The molecule has 4 rings (SSSR count). The summed E-state index contributed by atoms with van der Waals surface area (Å²) < 4.78 is 0.